The van der Waals surface area contributed by atoms with Gasteiger partial charge in [0.25, 0.3) is 0 Å². The van der Waals surface area contributed by atoms with E-state index in [2.05, 4.69) is 49.6 Å². The molecule has 12 nitrogen and oxygen atoms in total. The van der Waals surface area contributed by atoms with Crippen LogP contribution in [0.2, 0.25) is 0 Å². The van der Waals surface area contributed by atoms with Crippen LogP contribution in [0.15, 0.2) is 177 Å². The summed E-state index contributed by atoms with van der Waals surface area (Å²) < 4.78 is 48.4. The third kappa shape index (κ3) is 7.01. The van der Waals surface area contributed by atoms with E-state index in [0.29, 0.717) is 62.3 Å². The van der Waals surface area contributed by atoms with Crippen molar-refractivity contribution in [3.63, 3.8) is 0 Å². The highest BCUT2D eigenvalue weighted by Crippen LogP contribution is 2.46. The van der Waals surface area contributed by atoms with Crippen LogP contribution in [0.5, 0.6) is 0 Å². The van der Waals surface area contributed by atoms with Gasteiger partial charge in [-0.1, -0.05) is 0 Å². The van der Waals surface area contributed by atoms with Gasteiger partial charge in [-0.15, -0.1) is 0 Å². The minimum atomic E-state index is -4.78. The summed E-state index contributed by atoms with van der Waals surface area (Å²) in [7, 11) is 0. The van der Waals surface area contributed by atoms with Crippen molar-refractivity contribution in [1.29, 1.82) is 0 Å². The number of hydrogen-bond acceptors (Lipinski definition) is 8. The molecule has 0 aliphatic rings. The maximum absolute atomic E-state index is 14.8. The molecular formula is C55H29F3N12. The summed E-state index contributed by atoms with van der Waals surface area (Å²) >= 11 is 0. The van der Waals surface area contributed by atoms with Crippen LogP contribution < -0.4 is 0 Å². The van der Waals surface area contributed by atoms with Gasteiger partial charge in [-0.05, 0) is 133 Å². The van der Waals surface area contributed by atoms with Crippen molar-refractivity contribution in [2.75, 3.05) is 0 Å². The van der Waals surface area contributed by atoms with Gasteiger partial charge in [0.15, 0.2) is 29.0 Å². The van der Waals surface area contributed by atoms with Crippen LogP contribution in [0, 0.1) is 13.1 Å². The number of fused-ring (bicyclic) bond motifs is 6. The molecule has 0 aliphatic heterocycles. The predicted molar refractivity (Wildman–Crippen MR) is 262 cm³/mol. The second-order valence-corrected chi connectivity index (χ2v) is 16.2. The third-order valence-electron chi connectivity index (χ3n) is 12.2. The SMILES string of the molecule is [C-]#[N+]c1cc(-c2cc(-n3c4ccc(-c5ncccn5)cc4c4cc(-c5ncccn5)ccc43)c([N+]#[C-])cc2-n2c3ccc(-c4ncccn4)cc3c3cc(-c4ncccn4)ccc32)cc(C(F)(F)F)c1. The highest BCUT2D eigenvalue weighted by atomic mass is 19.4. The molecule has 0 saturated carbocycles. The van der Waals surface area contributed by atoms with Crippen LogP contribution in [0.25, 0.3) is 121 Å². The van der Waals surface area contributed by atoms with Gasteiger partial charge in [-0.2, -0.15) is 13.2 Å². The van der Waals surface area contributed by atoms with Crippen LogP contribution >= 0.6 is 0 Å². The van der Waals surface area contributed by atoms with Crippen molar-refractivity contribution >= 4 is 55.0 Å². The largest absolute Gasteiger partial charge is 0.415 e. The van der Waals surface area contributed by atoms with Crippen LogP contribution in [-0.2, 0) is 6.18 Å². The number of hydrogen-bond donors (Lipinski definition) is 0. The second-order valence-electron chi connectivity index (χ2n) is 16.2. The Kier molecular flexibility index (Phi) is 9.71. The van der Waals surface area contributed by atoms with Crippen molar-refractivity contribution in [1.82, 2.24) is 49.0 Å². The Labute approximate surface area is 395 Å². The summed E-state index contributed by atoms with van der Waals surface area (Å²) in [6, 6.07) is 37.0. The zero-order valence-electron chi connectivity index (χ0n) is 36.2. The van der Waals surface area contributed by atoms with Crippen LogP contribution in [0.4, 0.5) is 24.5 Å². The van der Waals surface area contributed by atoms with E-state index >= 15 is 0 Å². The lowest BCUT2D eigenvalue weighted by Crippen LogP contribution is -2.06. The third-order valence-corrected chi connectivity index (χ3v) is 12.2. The molecule has 330 valence electrons. The molecule has 0 N–H and O–H groups in total. The Morgan fingerprint density at radius 1 is 0.386 bits per heavy atom. The lowest BCUT2D eigenvalue weighted by Gasteiger charge is -2.20. The number of halogens is 3. The van der Waals surface area contributed by atoms with E-state index in [9.17, 15) is 13.2 Å². The van der Waals surface area contributed by atoms with Crippen molar-refractivity contribution in [2.45, 2.75) is 6.18 Å². The number of rotatable bonds is 7. The average molecular weight is 915 g/mol. The number of aromatic nitrogens is 10. The van der Waals surface area contributed by atoms with Gasteiger partial charge in [0.1, 0.15) is 0 Å². The highest BCUT2D eigenvalue weighted by Gasteiger charge is 2.32. The Balaban J connectivity index is 1.18. The zero-order chi connectivity index (χ0) is 47.5. The molecule has 6 aromatic heterocycles. The topological polar surface area (TPSA) is 122 Å². The van der Waals surface area contributed by atoms with Gasteiger partial charge >= 0.3 is 6.18 Å². The summed E-state index contributed by atoms with van der Waals surface area (Å²) in [5.41, 5.74) is 6.06. The predicted octanol–water partition coefficient (Wildman–Crippen LogP) is 13.5. The molecule has 12 aromatic rings. The van der Waals surface area contributed by atoms with Gasteiger partial charge in [0.2, 0.25) is 5.69 Å². The van der Waals surface area contributed by atoms with E-state index < -0.39 is 11.7 Å². The van der Waals surface area contributed by atoms with Crippen LogP contribution in [0.1, 0.15) is 5.56 Å². The molecule has 0 radical (unpaired) electrons. The molecule has 0 atom stereocenters. The minimum absolute atomic E-state index is 0.125. The standard InChI is InChI=1S/C55H29F3N12/c1-59-38-24-36(23-37(29-38)55(56,57)58)39-30-50(70-47-13-9-34(53-65-19-5-20-66-53)27-42(47)43-28-35(10-14-48(43)70)54-67-21-6-22-68-54)44(60-2)31-49(39)69-45-11-7-32(51-61-15-3-16-62-51)25-40(45)41-26-33(8-12-46(41)69)52-63-17-4-18-64-52/h3-31H. The highest BCUT2D eigenvalue weighted by molar-refractivity contribution is 6.14. The Hall–Kier alpha value is -9.99. The van der Waals surface area contributed by atoms with E-state index in [1.54, 1.807) is 86.0 Å². The summed E-state index contributed by atoms with van der Waals surface area (Å²) in [5.74, 6) is 2.03. The lowest BCUT2D eigenvalue weighted by molar-refractivity contribution is -0.137. The summed E-state index contributed by atoms with van der Waals surface area (Å²) in [4.78, 5) is 43.7. The number of alkyl halides is 3. The van der Waals surface area contributed by atoms with Crippen molar-refractivity contribution in [3.8, 4) is 68.1 Å². The first kappa shape index (κ1) is 41.4. The molecule has 6 heterocycles. The maximum Gasteiger partial charge on any atom is 0.415 e. The second kappa shape index (κ2) is 16.4. The van der Waals surface area contributed by atoms with Gasteiger partial charge in [-0.25, -0.2) is 49.6 Å². The quantitative estimate of drug-likeness (QED) is 0.145. The number of benzene rings is 6. The fourth-order valence-electron chi connectivity index (χ4n) is 9.16. The Morgan fingerprint density at radius 2 is 0.757 bits per heavy atom. The summed E-state index contributed by atoms with van der Waals surface area (Å²) in [5, 5.41) is 3.16. The van der Waals surface area contributed by atoms with Gasteiger partial charge in [0.05, 0.1) is 40.9 Å². The molecule has 0 unspecified atom stereocenters. The smallest absolute Gasteiger partial charge is 0.319 e. The Bertz CT molecular complexity index is 3930. The fourth-order valence-corrected chi connectivity index (χ4v) is 9.16. The van der Waals surface area contributed by atoms with Crippen LogP contribution in [0.3, 0.4) is 0 Å². The first-order chi connectivity index (χ1) is 34.2. The monoisotopic (exact) mass is 914 g/mol. The molecule has 70 heavy (non-hydrogen) atoms. The minimum Gasteiger partial charge on any atom is -0.319 e. The first-order valence-corrected chi connectivity index (χ1v) is 21.7. The van der Waals surface area contributed by atoms with E-state index in [1.165, 1.54) is 6.07 Å². The normalized spacial score (nSPS) is 11.6. The van der Waals surface area contributed by atoms with Crippen molar-refractivity contribution in [3.05, 3.63) is 205 Å². The molecular weight excluding hydrogens is 886 g/mol. The van der Waals surface area contributed by atoms with Gasteiger partial charge < -0.3 is 9.13 Å². The summed E-state index contributed by atoms with van der Waals surface area (Å²) in [6.45, 7) is 16.7. The summed E-state index contributed by atoms with van der Waals surface area (Å²) in [6.07, 6.45) is 8.56. The lowest BCUT2D eigenvalue weighted by atomic mass is 9.98. The van der Waals surface area contributed by atoms with Gasteiger partial charge in [-0.3, -0.25) is 0 Å². The maximum atomic E-state index is 14.8. The molecule has 15 heteroatoms. The molecule has 0 amide bonds. The average Bonchev–Trinajstić information content (AvgIpc) is 3.92. The molecule has 0 saturated heterocycles. The molecule has 0 fully saturated rings. The van der Waals surface area contributed by atoms with Crippen molar-refractivity contribution in [2.24, 2.45) is 0 Å². The van der Waals surface area contributed by atoms with Crippen LogP contribution in [-0.4, -0.2) is 49.0 Å². The van der Waals surface area contributed by atoms with E-state index in [4.69, 9.17) is 13.1 Å². The number of nitrogens with zero attached hydrogens (tertiary/aromatic N) is 12. The molecule has 0 bridgehead atoms. The fraction of sp³-hybridized carbons (Fsp3) is 0.0182. The molecule has 6 aromatic carbocycles. The molecule has 12 rings (SSSR count). The van der Waals surface area contributed by atoms with E-state index in [0.717, 1.165) is 55.9 Å². The first-order valence-electron chi connectivity index (χ1n) is 21.7. The van der Waals surface area contributed by atoms with Crippen molar-refractivity contribution < 1.29 is 13.2 Å². The zero-order valence-corrected chi connectivity index (χ0v) is 36.2. The van der Waals surface area contributed by atoms with E-state index in [-0.39, 0.29) is 16.9 Å². The van der Waals surface area contributed by atoms with E-state index in [1.807, 2.05) is 81.9 Å². The molecule has 0 aliphatic carbocycles. The molecule has 0 spiro atoms. The Morgan fingerprint density at radius 3 is 1.10 bits per heavy atom. The van der Waals surface area contributed by atoms with Gasteiger partial charge in [0, 0.05) is 110 Å².